The highest BCUT2D eigenvalue weighted by Gasteiger charge is 2.11. The number of carbonyl (C=O) groups excluding carboxylic acids is 1. The fourth-order valence-electron chi connectivity index (χ4n) is 1.02. The molecular weight excluding hydrogens is 198 g/mol. The van der Waals surface area contributed by atoms with Gasteiger partial charge in [-0.3, -0.25) is 14.9 Å². The number of benzene rings is 1. The molecule has 0 spiro atoms. The summed E-state index contributed by atoms with van der Waals surface area (Å²) in [7, 11) is 0. The third-order valence-corrected chi connectivity index (χ3v) is 1.79. The molecule has 0 unspecified atom stereocenters. The van der Waals surface area contributed by atoms with Gasteiger partial charge in [0.25, 0.3) is 5.69 Å². The largest absolute Gasteiger partial charge is 0.504 e. The first-order valence-corrected chi connectivity index (χ1v) is 4.17. The summed E-state index contributed by atoms with van der Waals surface area (Å²) >= 11 is 0. The number of ketones is 1. The molecule has 1 aromatic rings. The Labute approximate surface area is 85.8 Å². The van der Waals surface area contributed by atoms with Gasteiger partial charge in [0.05, 0.1) is 10.5 Å². The summed E-state index contributed by atoms with van der Waals surface area (Å²) < 4.78 is 0. The number of aliphatic hydroxyl groups is 1. The molecule has 0 aliphatic carbocycles. The molecule has 0 heterocycles. The molecule has 5 nitrogen and oxygen atoms in total. The Bertz CT molecular complexity index is 437. The minimum Gasteiger partial charge on any atom is -0.504 e. The summed E-state index contributed by atoms with van der Waals surface area (Å²) in [6, 6.07) is 5.86. The predicted octanol–water partition coefficient (Wildman–Crippen LogP) is 2.08. The Morgan fingerprint density at radius 3 is 2.60 bits per heavy atom. The number of para-hydroxylation sites is 1. The van der Waals surface area contributed by atoms with Crippen LogP contribution in [0.4, 0.5) is 5.69 Å². The van der Waals surface area contributed by atoms with E-state index >= 15 is 0 Å². The molecule has 0 fully saturated rings. The minimum atomic E-state index is -0.570. The standard InChI is InChI=1S/C10H9NO4/c1-7(12)10(13)6-8-4-2-3-5-9(8)11(14)15/h2-6,13H,1H3/b10-6-. The van der Waals surface area contributed by atoms with Gasteiger partial charge in [-0.05, 0) is 12.1 Å². The van der Waals surface area contributed by atoms with Crippen molar-refractivity contribution in [3.63, 3.8) is 0 Å². The molecule has 0 saturated heterocycles. The number of aliphatic hydroxyl groups excluding tert-OH is 1. The smallest absolute Gasteiger partial charge is 0.276 e. The van der Waals surface area contributed by atoms with Gasteiger partial charge in [0.2, 0.25) is 0 Å². The van der Waals surface area contributed by atoms with E-state index in [-0.39, 0.29) is 11.3 Å². The fraction of sp³-hybridized carbons (Fsp3) is 0.100. The lowest BCUT2D eigenvalue weighted by molar-refractivity contribution is -0.385. The molecule has 1 N–H and O–H groups in total. The summed E-state index contributed by atoms with van der Waals surface area (Å²) in [6.45, 7) is 1.18. The Hall–Kier alpha value is -2.17. The number of allylic oxidation sites excluding steroid dienone is 1. The third kappa shape index (κ3) is 2.63. The first kappa shape index (κ1) is 10.9. The summed E-state index contributed by atoms with van der Waals surface area (Å²) in [5.41, 5.74) is 0.0560. The second kappa shape index (κ2) is 4.36. The predicted molar refractivity (Wildman–Crippen MR) is 54.4 cm³/mol. The topological polar surface area (TPSA) is 80.4 Å². The zero-order valence-corrected chi connectivity index (χ0v) is 8.01. The highest BCUT2D eigenvalue weighted by atomic mass is 16.6. The number of nitro benzene ring substituents is 1. The van der Waals surface area contributed by atoms with Crippen LogP contribution in [0.2, 0.25) is 0 Å². The van der Waals surface area contributed by atoms with Gasteiger partial charge in [-0.2, -0.15) is 0 Å². The van der Waals surface area contributed by atoms with Crippen LogP contribution in [0.15, 0.2) is 30.0 Å². The third-order valence-electron chi connectivity index (χ3n) is 1.79. The van der Waals surface area contributed by atoms with Crippen molar-refractivity contribution in [3.8, 4) is 0 Å². The SMILES string of the molecule is CC(=O)/C(O)=C/c1ccccc1[N+](=O)[O-]. The molecule has 0 aliphatic rings. The molecule has 0 saturated carbocycles. The molecule has 78 valence electrons. The van der Waals surface area contributed by atoms with Crippen LogP contribution in [0.1, 0.15) is 12.5 Å². The van der Waals surface area contributed by atoms with Crippen molar-refractivity contribution in [2.24, 2.45) is 0 Å². The number of nitro groups is 1. The maximum atomic E-state index is 10.7. The van der Waals surface area contributed by atoms with Crippen molar-refractivity contribution < 1.29 is 14.8 Å². The van der Waals surface area contributed by atoms with Gasteiger partial charge >= 0.3 is 0 Å². The van der Waals surface area contributed by atoms with Crippen molar-refractivity contribution in [1.82, 2.24) is 0 Å². The van der Waals surface area contributed by atoms with Gasteiger partial charge in [0.15, 0.2) is 11.5 Å². The second-order valence-corrected chi connectivity index (χ2v) is 2.90. The highest BCUT2D eigenvalue weighted by Crippen LogP contribution is 2.20. The van der Waals surface area contributed by atoms with Gasteiger partial charge in [0, 0.05) is 13.0 Å². The Morgan fingerprint density at radius 2 is 2.07 bits per heavy atom. The van der Waals surface area contributed by atoms with E-state index < -0.39 is 16.5 Å². The van der Waals surface area contributed by atoms with Gasteiger partial charge in [-0.1, -0.05) is 12.1 Å². The van der Waals surface area contributed by atoms with Crippen LogP contribution in [0, 0.1) is 10.1 Å². The zero-order valence-electron chi connectivity index (χ0n) is 8.01. The number of hydrogen-bond donors (Lipinski definition) is 1. The summed E-state index contributed by atoms with van der Waals surface area (Å²) in [6.07, 6.45) is 1.08. The fourth-order valence-corrected chi connectivity index (χ4v) is 1.02. The molecule has 0 aromatic heterocycles. The van der Waals surface area contributed by atoms with E-state index in [0.29, 0.717) is 0 Å². The quantitative estimate of drug-likeness (QED) is 0.356. The molecule has 0 radical (unpaired) electrons. The Balaban J connectivity index is 3.20. The maximum absolute atomic E-state index is 10.7. The van der Waals surface area contributed by atoms with E-state index in [2.05, 4.69) is 0 Å². The van der Waals surface area contributed by atoms with E-state index in [1.165, 1.54) is 25.1 Å². The second-order valence-electron chi connectivity index (χ2n) is 2.90. The van der Waals surface area contributed by atoms with Gasteiger partial charge in [-0.15, -0.1) is 0 Å². The number of nitrogens with zero attached hydrogens (tertiary/aromatic N) is 1. The first-order valence-electron chi connectivity index (χ1n) is 4.17. The van der Waals surface area contributed by atoms with Crippen LogP contribution in [-0.4, -0.2) is 15.8 Å². The average Bonchev–Trinajstić information content (AvgIpc) is 2.18. The molecule has 0 atom stereocenters. The highest BCUT2D eigenvalue weighted by molar-refractivity contribution is 5.95. The van der Waals surface area contributed by atoms with E-state index in [9.17, 15) is 20.0 Å². The molecule has 1 rings (SSSR count). The van der Waals surface area contributed by atoms with E-state index in [4.69, 9.17) is 0 Å². The number of rotatable bonds is 3. The maximum Gasteiger partial charge on any atom is 0.276 e. The van der Waals surface area contributed by atoms with Gasteiger partial charge in [-0.25, -0.2) is 0 Å². The van der Waals surface area contributed by atoms with Gasteiger partial charge in [0.1, 0.15) is 0 Å². The lowest BCUT2D eigenvalue weighted by atomic mass is 10.1. The van der Waals surface area contributed by atoms with Crippen molar-refractivity contribution in [3.05, 3.63) is 45.7 Å². The van der Waals surface area contributed by atoms with Crippen molar-refractivity contribution in [1.29, 1.82) is 0 Å². The average molecular weight is 207 g/mol. The molecule has 0 bridgehead atoms. The number of Topliss-reactive ketones (excluding diaryl/α,β-unsaturated/α-hetero) is 1. The van der Waals surface area contributed by atoms with Crippen LogP contribution in [-0.2, 0) is 4.79 Å². The molecule has 1 aromatic carbocycles. The summed E-state index contributed by atoms with van der Waals surface area (Å²) in [5, 5.41) is 19.8. The zero-order chi connectivity index (χ0) is 11.4. The van der Waals surface area contributed by atoms with Crippen molar-refractivity contribution >= 4 is 17.5 Å². The summed E-state index contributed by atoms with van der Waals surface area (Å²) in [4.78, 5) is 20.8. The van der Waals surface area contributed by atoms with Crippen LogP contribution < -0.4 is 0 Å². The molecule has 0 aliphatic heterocycles. The van der Waals surface area contributed by atoms with Crippen molar-refractivity contribution in [2.45, 2.75) is 6.92 Å². The number of hydrogen-bond acceptors (Lipinski definition) is 4. The van der Waals surface area contributed by atoms with Crippen LogP contribution in [0.25, 0.3) is 6.08 Å². The van der Waals surface area contributed by atoms with E-state index in [0.717, 1.165) is 6.08 Å². The normalized spacial score (nSPS) is 11.1. The van der Waals surface area contributed by atoms with Crippen molar-refractivity contribution in [2.75, 3.05) is 0 Å². The molecule has 15 heavy (non-hydrogen) atoms. The van der Waals surface area contributed by atoms with Crippen LogP contribution in [0.3, 0.4) is 0 Å². The molecule has 5 heteroatoms. The lowest BCUT2D eigenvalue weighted by Crippen LogP contribution is -1.96. The van der Waals surface area contributed by atoms with Crippen LogP contribution >= 0.6 is 0 Å². The minimum absolute atomic E-state index is 0.148. The first-order chi connectivity index (χ1) is 7.02. The molecular formula is C10H9NO4. The summed E-state index contributed by atoms with van der Waals surface area (Å²) in [5.74, 6) is -1.03. The lowest BCUT2D eigenvalue weighted by Gasteiger charge is -1.97. The Morgan fingerprint density at radius 1 is 1.47 bits per heavy atom. The van der Waals surface area contributed by atoms with E-state index in [1.54, 1.807) is 6.07 Å². The molecule has 0 amide bonds. The van der Waals surface area contributed by atoms with Gasteiger partial charge < -0.3 is 5.11 Å². The monoisotopic (exact) mass is 207 g/mol. The Kier molecular flexibility index (Phi) is 3.17. The van der Waals surface area contributed by atoms with E-state index in [1.807, 2.05) is 0 Å². The number of carbonyl (C=O) groups is 1. The van der Waals surface area contributed by atoms with Crippen LogP contribution in [0.5, 0.6) is 0 Å².